The lowest BCUT2D eigenvalue weighted by Gasteiger charge is -2.04. The van der Waals surface area contributed by atoms with E-state index >= 15 is 0 Å². The Morgan fingerprint density at radius 3 is 2.89 bits per heavy atom. The van der Waals surface area contributed by atoms with Crippen molar-refractivity contribution in [1.82, 2.24) is 9.97 Å². The predicted octanol–water partition coefficient (Wildman–Crippen LogP) is 3.46. The Balaban J connectivity index is 1.79. The number of nitrogens with zero attached hydrogens (tertiary/aromatic N) is 2. The number of pyridine rings is 1. The Morgan fingerprint density at radius 1 is 1.17 bits per heavy atom. The molecule has 2 heterocycles. The summed E-state index contributed by atoms with van der Waals surface area (Å²) >= 11 is 5.98. The molecule has 0 spiro atoms. The summed E-state index contributed by atoms with van der Waals surface area (Å²) in [6.45, 7) is 0.222. The van der Waals surface area contributed by atoms with Crippen LogP contribution in [0.4, 0.5) is 0 Å². The first-order chi connectivity index (χ1) is 8.83. The van der Waals surface area contributed by atoms with E-state index in [2.05, 4.69) is 9.97 Å². The number of para-hydroxylation sites is 1. The van der Waals surface area contributed by atoms with Crippen molar-refractivity contribution in [3.05, 3.63) is 53.5 Å². The Labute approximate surface area is 108 Å². The van der Waals surface area contributed by atoms with Gasteiger partial charge in [-0.1, -0.05) is 23.7 Å². The molecule has 0 saturated heterocycles. The van der Waals surface area contributed by atoms with Gasteiger partial charge in [-0.15, -0.1) is 0 Å². The third-order valence-corrected chi connectivity index (χ3v) is 2.71. The van der Waals surface area contributed by atoms with E-state index < -0.39 is 0 Å². The van der Waals surface area contributed by atoms with E-state index in [0.29, 0.717) is 22.4 Å². The van der Waals surface area contributed by atoms with Crippen LogP contribution in [-0.4, -0.2) is 9.97 Å². The molecule has 0 amide bonds. The first-order valence-electron chi connectivity index (χ1n) is 5.41. The molecule has 0 N–H and O–H groups in total. The van der Waals surface area contributed by atoms with Crippen molar-refractivity contribution in [2.24, 2.45) is 0 Å². The molecule has 0 radical (unpaired) electrons. The summed E-state index contributed by atoms with van der Waals surface area (Å²) < 4.78 is 11.0. The van der Waals surface area contributed by atoms with Crippen LogP contribution in [0.25, 0.3) is 11.2 Å². The fraction of sp³-hybridized carbons (Fsp3) is 0.0769. The van der Waals surface area contributed by atoms with Crippen LogP contribution in [0, 0.1) is 0 Å². The Morgan fingerprint density at radius 2 is 2.06 bits per heavy atom. The minimum atomic E-state index is 0.222. The van der Waals surface area contributed by atoms with Crippen LogP contribution in [0.5, 0.6) is 5.75 Å². The molecule has 4 nitrogen and oxygen atoms in total. The molecule has 3 rings (SSSR count). The first kappa shape index (κ1) is 11.0. The third-order valence-electron chi connectivity index (χ3n) is 2.40. The maximum atomic E-state index is 5.98. The highest BCUT2D eigenvalue weighted by Crippen LogP contribution is 2.24. The van der Waals surface area contributed by atoms with E-state index in [0.717, 1.165) is 5.52 Å². The van der Waals surface area contributed by atoms with Crippen LogP contribution in [0.2, 0.25) is 5.02 Å². The van der Waals surface area contributed by atoms with Crippen molar-refractivity contribution in [3.8, 4) is 5.75 Å². The SMILES string of the molecule is Clc1ccccc1OCc1nc2cccnc2o1. The number of benzene rings is 1. The van der Waals surface area contributed by atoms with Crippen molar-refractivity contribution in [2.75, 3.05) is 0 Å². The number of aromatic nitrogens is 2. The molecule has 0 aliphatic rings. The zero-order valence-corrected chi connectivity index (χ0v) is 10.1. The molecular formula is C13H9ClN2O2. The maximum absolute atomic E-state index is 5.98. The molecule has 18 heavy (non-hydrogen) atoms. The average Bonchev–Trinajstić information content (AvgIpc) is 2.80. The van der Waals surface area contributed by atoms with E-state index in [-0.39, 0.29) is 6.61 Å². The van der Waals surface area contributed by atoms with Crippen LogP contribution in [0.3, 0.4) is 0 Å². The Hall–Kier alpha value is -2.07. The van der Waals surface area contributed by atoms with Crippen molar-refractivity contribution in [2.45, 2.75) is 6.61 Å². The molecular weight excluding hydrogens is 252 g/mol. The summed E-state index contributed by atoms with van der Waals surface area (Å²) in [6.07, 6.45) is 1.66. The van der Waals surface area contributed by atoms with Gasteiger partial charge in [-0.2, -0.15) is 0 Å². The molecule has 0 saturated carbocycles. The quantitative estimate of drug-likeness (QED) is 0.724. The third kappa shape index (κ3) is 2.15. The number of hydrogen-bond donors (Lipinski definition) is 0. The average molecular weight is 261 g/mol. The molecule has 1 aromatic carbocycles. The minimum absolute atomic E-state index is 0.222. The lowest BCUT2D eigenvalue weighted by atomic mass is 10.3. The molecule has 3 aromatic rings. The monoisotopic (exact) mass is 260 g/mol. The number of oxazole rings is 1. The Bertz CT molecular complexity index is 648. The van der Waals surface area contributed by atoms with Gasteiger partial charge in [-0.05, 0) is 24.3 Å². The normalized spacial score (nSPS) is 10.7. The van der Waals surface area contributed by atoms with E-state index in [4.69, 9.17) is 20.8 Å². The van der Waals surface area contributed by atoms with Gasteiger partial charge in [-0.25, -0.2) is 9.97 Å². The van der Waals surface area contributed by atoms with Crippen LogP contribution in [0.1, 0.15) is 5.89 Å². The highest BCUT2D eigenvalue weighted by molar-refractivity contribution is 6.32. The molecule has 0 bridgehead atoms. The van der Waals surface area contributed by atoms with Gasteiger partial charge in [0, 0.05) is 6.20 Å². The van der Waals surface area contributed by atoms with E-state index in [9.17, 15) is 0 Å². The van der Waals surface area contributed by atoms with Crippen molar-refractivity contribution in [3.63, 3.8) is 0 Å². The standard InChI is InChI=1S/C13H9ClN2O2/c14-9-4-1-2-6-11(9)17-8-12-16-10-5-3-7-15-13(10)18-12/h1-7H,8H2. The van der Waals surface area contributed by atoms with Gasteiger partial charge in [0.05, 0.1) is 5.02 Å². The number of hydrogen-bond acceptors (Lipinski definition) is 4. The predicted molar refractivity (Wildman–Crippen MR) is 67.6 cm³/mol. The minimum Gasteiger partial charge on any atom is -0.482 e. The lowest BCUT2D eigenvalue weighted by molar-refractivity contribution is 0.266. The summed E-state index contributed by atoms with van der Waals surface area (Å²) in [5.74, 6) is 1.08. The fourth-order valence-corrected chi connectivity index (χ4v) is 1.77. The van der Waals surface area contributed by atoms with Crippen LogP contribution in [0.15, 0.2) is 47.0 Å². The van der Waals surface area contributed by atoms with Crippen molar-refractivity contribution in [1.29, 1.82) is 0 Å². The van der Waals surface area contributed by atoms with Crippen LogP contribution in [-0.2, 0) is 6.61 Å². The van der Waals surface area contributed by atoms with Crippen molar-refractivity contribution >= 4 is 22.8 Å². The van der Waals surface area contributed by atoms with Gasteiger partial charge in [0.1, 0.15) is 11.3 Å². The van der Waals surface area contributed by atoms with Crippen LogP contribution >= 0.6 is 11.6 Å². The van der Waals surface area contributed by atoms with E-state index in [1.807, 2.05) is 24.3 Å². The second-order valence-corrected chi connectivity index (χ2v) is 4.06. The van der Waals surface area contributed by atoms with Gasteiger partial charge in [-0.3, -0.25) is 0 Å². The number of halogens is 1. The summed E-state index contributed by atoms with van der Waals surface area (Å²) in [4.78, 5) is 8.32. The lowest BCUT2D eigenvalue weighted by Crippen LogP contribution is -1.95. The highest BCUT2D eigenvalue weighted by Gasteiger charge is 2.07. The van der Waals surface area contributed by atoms with Gasteiger partial charge < -0.3 is 9.15 Å². The summed E-state index contributed by atoms with van der Waals surface area (Å²) in [7, 11) is 0. The number of rotatable bonds is 3. The molecule has 2 aromatic heterocycles. The topological polar surface area (TPSA) is 48.2 Å². The van der Waals surface area contributed by atoms with Crippen LogP contribution < -0.4 is 4.74 Å². The zero-order chi connectivity index (χ0) is 12.4. The second-order valence-electron chi connectivity index (χ2n) is 3.65. The first-order valence-corrected chi connectivity index (χ1v) is 5.78. The fourth-order valence-electron chi connectivity index (χ4n) is 1.58. The Kier molecular flexibility index (Phi) is 2.86. The van der Waals surface area contributed by atoms with Gasteiger partial charge in [0.25, 0.3) is 0 Å². The van der Waals surface area contributed by atoms with Crippen molar-refractivity contribution < 1.29 is 9.15 Å². The second kappa shape index (κ2) is 4.66. The highest BCUT2D eigenvalue weighted by atomic mass is 35.5. The largest absolute Gasteiger partial charge is 0.482 e. The summed E-state index contributed by atoms with van der Waals surface area (Å²) in [5, 5.41) is 0.562. The molecule has 0 unspecified atom stereocenters. The maximum Gasteiger partial charge on any atom is 0.247 e. The molecule has 0 atom stereocenters. The van der Waals surface area contributed by atoms with Gasteiger partial charge >= 0.3 is 0 Å². The number of ether oxygens (including phenoxy) is 1. The molecule has 0 aliphatic carbocycles. The molecule has 90 valence electrons. The van der Waals surface area contributed by atoms with Gasteiger partial charge in [0.15, 0.2) is 6.61 Å². The molecule has 0 fully saturated rings. The number of fused-ring (bicyclic) bond motifs is 1. The smallest absolute Gasteiger partial charge is 0.247 e. The zero-order valence-electron chi connectivity index (χ0n) is 9.34. The molecule has 5 heteroatoms. The summed E-state index contributed by atoms with van der Waals surface area (Å²) in [6, 6.07) is 10.9. The van der Waals surface area contributed by atoms with E-state index in [1.165, 1.54) is 0 Å². The summed E-state index contributed by atoms with van der Waals surface area (Å²) in [5.41, 5.74) is 1.23. The van der Waals surface area contributed by atoms with E-state index in [1.54, 1.807) is 18.3 Å². The van der Waals surface area contributed by atoms with Gasteiger partial charge in [0.2, 0.25) is 11.6 Å². The molecule has 0 aliphatic heterocycles.